The molecule has 6 nitrogen and oxygen atoms in total. The number of anilines is 1. The smallest absolute Gasteiger partial charge is 0.239 e. The molecule has 0 bridgehead atoms. The fraction of sp³-hybridized carbons (Fsp3) is 0.333. The molecule has 2 rings (SSSR count). The lowest BCUT2D eigenvalue weighted by Gasteiger charge is -2.10. The van der Waals surface area contributed by atoms with Crippen LogP contribution in [-0.2, 0) is 0 Å². The van der Waals surface area contributed by atoms with Crippen LogP contribution in [0, 0.1) is 0 Å². The summed E-state index contributed by atoms with van der Waals surface area (Å²) in [5, 5.41) is 6.54. The Labute approximate surface area is 105 Å². The number of nitrogens with one attached hydrogen (secondary N) is 1. The monoisotopic (exact) mass is 248 g/mol. The van der Waals surface area contributed by atoms with E-state index in [2.05, 4.69) is 22.1 Å². The summed E-state index contributed by atoms with van der Waals surface area (Å²) in [4.78, 5) is 4.06. The standard InChI is InChI=1S/C12H16N4O2/c1-3-6-18-9-5-4-8(7-10(9)17-2)11-14-12(13)16-15-11/h4-5,7H,3,6H2,1-2H3,(H3,13,14,15,16). The summed E-state index contributed by atoms with van der Waals surface area (Å²) >= 11 is 0. The Kier molecular flexibility index (Phi) is 3.66. The zero-order valence-electron chi connectivity index (χ0n) is 10.4. The summed E-state index contributed by atoms with van der Waals surface area (Å²) in [7, 11) is 1.60. The summed E-state index contributed by atoms with van der Waals surface area (Å²) in [5.41, 5.74) is 6.32. The van der Waals surface area contributed by atoms with Crippen molar-refractivity contribution in [2.75, 3.05) is 19.5 Å². The van der Waals surface area contributed by atoms with Crippen molar-refractivity contribution in [2.45, 2.75) is 13.3 Å². The Bertz CT molecular complexity index is 525. The Morgan fingerprint density at radius 3 is 2.78 bits per heavy atom. The van der Waals surface area contributed by atoms with Crippen LogP contribution in [0.1, 0.15) is 13.3 Å². The van der Waals surface area contributed by atoms with Crippen LogP contribution < -0.4 is 15.2 Å². The molecule has 0 radical (unpaired) electrons. The molecular formula is C12H16N4O2. The van der Waals surface area contributed by atoms with Crippen molar-refractivity contribution in [1.29, 1.82) is 0 Å². The fourth-order valence-electron chi connectivity index (χ4n) is 1.55. The van der Waals surface area contributed by atoms with E-state index in [1.165, 1.54) is 0 Å². The van der Waals surface area contributed by atoms with Crippen LogP contribution >= 0.6 is 0 Å². The largest absolute Gasteiger partial charge is 0.493 e. The highest BCUT2D eigenvalue weighted by molar-refractivity contribution is 5.61. The third kappa shape index (κ3) is 2.53. The molecule has 0 spiro atoms. The van der Waals surface area contributed by atoms with Gasteiger partial charge in [0.25, 0.3) is 0 Å². The summed E-state index contributed by atoms with van der Waals surface area (Å²) < 4.78 is 10.9. The maximum absolute atomic E-state index is 5.58. The number of nitrogens with two attached hydrogens (primary N) is 1. The van der Waals surface area contributed by atoms with Gasteiger partial charge in [-0.15, -0.1) is 5.10 Å². The van der Waals surface area contributed by atoms with Gasteiger partial charge in [-0.3, -0.25) is 5.10 Å². The van der Waals surface area contributed by atoms with Crippen molar-refractivity contribution in [3.05, 3.63) is 18.2 Å². The van der Waals surface area contributed by atoms with Crippen LogP contribution in [-0.4, -0.2) is 28.9 Å². The fourth-order valence-corrected chi connectivity index (χ4v) is 1.55. The number of ether oxygens (including phenoxy) is 2. The average Bonchev–Trinajstić information content (AvgIpc) is 2.83. The van der Waals surface area contributed by atoms with Gasteiger partial charge in [0.1, 0.15) is 0 Å². The Balaban J connectivity index is 2.29. The van der Waals surface area contributed by atoms with Crippen LogP contribution in [0.4, 0.5) is 5.95 Å². The van der Waals surface area contributed by atoms with Crippen LogP contribution in [0.5, 0.6) is 11.5 Å². The molecule has 0 aliphatic heterocycles. The quantitative estimate of drug-likeness (QED) is 0.843. The first-order valence-corrected chi connectivity index (χ1v) is 5.73. The number of nitrogens with zero attached hydrogens (tertiary/aromatic N) is 2. The zero-order chi connectivity index (χ0) is 13.0. The number of hydrogen-bond donors (Lipinski definition) is 2. The highest BCUT2D eigenvalue weighted by Gasteiger charge is 2.09. The lowest BCUT2D eigenvalue weighted by molar-refractivity contribution is 0.294. The molecule has 0 saturated heterocycles. The summed E-state index contributed by atoms with van der Waals surface area (Å²) in [5.74, 6) is 2.20. The predicted molar refractivity (Wildman–Crippen MR) is 68.6 cm³/mol. The number of nitrogen functional groups attached to an aromatic ring is 1. The first-order valence-electron chi connectivity index (χ1n) is 5.73. The molecular weight excluding hydrogens is 232 g/mol. The molecule has 1 aromatic carbocycles. The average molecular weight is 248 g/mol. The van der Waals surface area contributed by atoms with Gasteiger partial charge in [-0.2, -0.15) is 4.98 Å². The van der Waals surface area contributed by atoms with Crippen molar-refractivity contribution < 1.29 is 9.47 Å². The van der Waals surface area contributed by atoms with Gasteiger partial charge in [0.2, 0.25) is 5.95 Å². The Morgan fingerprint density at radius 2 is 2.17 bits per heavy atom. The Hall–Kier alpha value is -2.24. The molecule has 0 aliphatic carbocycles. The number of rotatable bonds is 5. The van der Waals surface area contributed by atoms with Gasteiger partial charge in [-0.25, -0.2) is 0 Å². The number of hydrogen-bond acceptors (Lipinski definition) is 5. The van der Waals surface area contributed by atoms with E-state index in [0.29, 0.717) is 18.2 Å². The molecule has 1 heterocycles. The minimum absolute atomic E-state index is 0.218. The van der Waals surface area contributed by atoms with Crippen molar-refractivity contribution in [3.8, 4) is 22.9 Å². The van der Waals surface area contributed by atoms with Crippen molar-refractivity contribution in [2.24, 2.45) is 0 Å². The maximum Gasteiger partial charge on any atom is 0.239 e. The van der Waals surface area contributed by atoms with E-state index in [1.807, 2.05) is 18.2 Å². The van der Waals surface area contributed by atoms with E-state index in [-0.39, 0.29) is 5.95 Å². The van der Waals surface area contributed by atoms with Crippen LogP contribution in [0.15, 0.2) is 18.2 Å². The van der Waals surface area contributed by atoms with Gasteiger partial charge in [0, 0.05) is 5.56 Å². The van der Waals surface area contributed by atoms with Gasteiger partial charge in [0.05, 0.1) is 13.7 Å². The summed E-state index contributed by atoms with van der Waals surface area (Å²) in [6.07, 6.45) is 0.948. The molecule has 0 amide bonds. The van der Waals surface area contributed by atoms with Crippen LogP contribution in [0.2, 0.25) is 0 Å². The second-order valence-electron chi connectivity index (χ2n) is 3.76. The van der Waals surface area contributed by atoms with E-state index in [9.17, 15) is 0 Å². The number of aromatic nitrogens is 3. The maximum atomic E-state index is 5.58. The molecule has 3 N–H and O–H groups in total. The third-order valence-electron chi connectivity index (χ3n) is 2.40. The van der Waals surface area contributed by atoms with Gasteiger partial charge in [0.15, 0.2) is 17.3 Å². The van der Waals surface area contributed by atoms with Crippen molar-refractivity contribution >= 4 is 5.95 Å². The molecule has 0 atom stereocenters. The highest BCUT2D eigenvalue weighted by atomic mass is 16.5. The lowest BCUT2D eigenvalue weighted by atomic mass is 10.2. The van der Waals surface area contributed by atoms with Gasteiger partial charge < -0.3 is 15.2 Å². The van der Waals surface area contributed by atoms with Crippen LogP contribution in [0.3, 0.4) is 0 Å². The highest BCUT2D eigenvalue weighted by Crippen LogP contribution is 2.31. The van der Waals surface area contributed by atoms with Crippen molar-refractivity contribution in [3.63, 3.8) is 0 Å². The second kappa shape index (κ2) is 5.39. The molecule has 18 heavy (non-hydrogen) atoms. The number of H-pyrrole nitrogens is 1. The first-order chi connectivity index (χ1) is 8.74. The SMILES string of the molecule is CCCOc1ccc(-c2nc(N)n[nH]2)cc1OC. The molecule has 96 valence electrons. The van der Waals surface area contributed by atoms with E-state index in [1.54, 1.807) is 7.11 Å². The molecule has 1 aromatic heterocycles. The summed E-state index contributed by atoms with van der Waals surface area (Å²) in [6.45, 7) is 2.71. The van der Waals surface area contributed by atoms with E-state index in [4.69, 9.17) is 15.2 Å². The van der Waals surface area contributed by atoms with E-state index >= 15 is 0 Å². The number of benzene rings is 1. The number of methoxy groups -OCH3 is 1. The normalized spacial score (nSPS) is 10.3. The van der Waals surface area contributed by atoms with Gasteiger partial charge in [-0.05, 0) is 24.6 Å². The number of aromatic amines is 1. The third-order valence-corrected chi connectivity index (χ3v) is 2.40. The first kappa shape index (κ1) is 12.2. The molecule has 0 unspecified atom stereocenters. The van der Waals surface area contributed by atoms with Crippen LogP contribution in [0.25, 0.3) is 11.4 Å². The molecule has 6 heteroatoms. The molecule has 2 aromatic rings. The van der Waals surface area contributed by atoms with Crippen molar-refractivity contribution in [1.82, 2.24) is 15.2 Å². The molecule has 0 aliphatic rings. The van der Waals surface area contributed by atoms with E-state index < -0.39 is 0 Å². The second-order valence-corrected chi connectivity index (χ2v) is 3.76. The van der Waals surface area contributed by atoms with E-state index in [0.717, 1.165) is 17.7 Å². The zero-order valence-corrected chi connectivity index (χ0v) is 10.4. The Morgan fingerprint density at radius 1 is 1.33 bits per heavy atom. The minimum atomic E-state index is 0.218. The topological polar surface area (TPSA) is 86.0 Å². The molecule has 0 fully saturated rings. The lowest BCUT2D eigenvalue weighted by Crippen LogP contribution is -1.98. The molecule has 0 saturated carbocycles. The minimum Gasteiger partial charge on any atom is -0.493 e. The van der Waals surface area contributed by atoms with Gasteiger partial charge >= 0.3 is 0 Å². The predicted octanol–water partition coefficient (Wildman–Crippen LogP) is 1.85. The summed E-state index contributed by atoms with van der Waals surface area (Å²) in [6, 6.07) is 5.57. The van der Waals surface area contributed by atoms with Gasteiger partial charge in [-0.1, -0.05) is 6.92 Å².